The highest BCUT2D eigenvalue weighted by atomic mass is 32.1. The smallest absolute Gasteiger partial charge is 0.301 e. The molecule has 5 rings (SSSR count). The summed E-state index contributed by atoms with van der Waals surface area (Å²) in [6.07, 6.45) is 0.888. The second-order valence-electron chi connectivity index (χ2n) is 8.46. The lowest BCUT2D eigenvalue weighted by Crippen LogP contribution is -2.29. The summed E-state index contributed by atoms with van der Waals surface area (Å²) in [6.45, 7) is 4.05. The zero-order valence-corrected chi connectivity index (χ0v) is 20.4. The maximum atomic E-state index is 13.4. The van der Waals surface area contributed by atoms with E-state index in [2.05, 4.69) is 18.0 Å². The number of hydrogen-bond acceptors (Lipinski definition) is 6. The van der Waals surface area contributed by atoms with Crippen molar-refractivity contribution in [2.45, 2.75) is 26.3 Å². The van der Waals surface area contributed by atoms with Crippen LogP contribution < -0.4 is 9.64 Å². The minimum atomic E-state index is -0.802. The first-order chi connectivity index (χ1) is 16.9. The number of methoxy groups -OCH3 is 1. The average molecular weight is 485 g/mol. The van der Waals surface area contributed by atoms with Crippen LogP contribution in [0.25, 0.3) is 16.0 Å². The van der Waals surface area contributed by atoms with Gasteiger partial charge in [-0.3, -0.25) is 14.5 Å². The van der Waals surface area contributed by atoms with E-state index in [0.29, 0.717) is 16.4 Å². The first-order valence-electron chi connectivity index (χ1n) is 11.3. The van der Waals surface area contributed by atoms with Crippen molar-refractivity contribution in [3.63, 3.8) is 0 Å². The highest BCUT2D eigenvalue weighted by molar-refractivity contribution is 7.22. The molecular weight excluding hydrogens is 460 g/mol. The van der Waals surface area contributed by atoms with E-state index < -0.39 is 17.7 Å². The van der Waals surface area contributed by atoms with Crippen molar-refractivity contribution in [2.24, 2.45) is 0 Å². The SMILES string of the molecule is CCc1ccc2nc(N3C(=O)C(=O)C(=C(O)c4ccc(OC)cc4)[C@@H]3c3ccc(C)cc3)sc2c1. The van der Waals surface area contributed by atoms with Crippen molar-refractivity contribution < 1.29 is 19.4 Å². The van der Waals surface area contributed by atoms with Gasteiger partial charge in [0.1, 0.15) is 11.5 Å². The molecule has 0 bridgehead atoms. The largest absolute Gasteiger partial charge is 0.507 e. The Morgan fingerprint density at radius 1 is 1.06 bits per heavy atom. The number of carbonyl (C=O) groups is 2. The number of aliphatic hydroxyl groups excluding tert-OH is 1. The Morgan fingerprint density at radius 2 is 1.77 bits per heavy atom. The molecule has 1 aliphatic heterocycles. The fourth-order valence-electron chi connectivity index (χ4n) is 4.28. The van der Waals surface area contributed by atoms with Gasteiger partial charge in [-0.15, -0.1) is 0 Å². The normalized spacial score (nSPS) is 17.3. The Kier molecular flexibility index (Phi) is 5.86. The molecule has 2 heterocycles. The lowest BCUT2D eigenvalue weighted by Gasteiger charge is -2.23. The number of hydrogen-bond donors (Lipinski definition) is 1. The predicted molar refractivity (Wildman–Crippen MR) is 138 cm³/mol. The van der Waals surface area contributed by atoms with E-state index >= 15 is 0 Å². The van der Waals surface area contributed by atoms with E-state index in [0.717, 1.165) is 27.8 Å². The second-order valence-corrected chi connectivity index (χ2v) is 9.47. The van der Waals surface area contributed by atoms with Crippen molar-refractivity contribution in [3.8, 4) is 5.75 Å². The van der Waals surface area contributed by atoms with E-state index in [4.69, 9.17) is 4.74 Å². The molecule has 1 aromatic heterocycles. The van der Waals surface area contributed by atoms with E-state index in [9.17, 15) is 14.7 Å². The van der Waals surface area contributed by atoms with Gasteiger partial charge in [-0.05, 0) is 60.9 Å². The molecule has 1 N–H and O–H groups in total. The van der Waals surface area contributed by atoms with Gasteiger partial charge >= 0.3 is 5.91 Å². The van der Waals surface area contributed by atoms with Gasteiger partial charge in [0.15, 0.2) is 5.13 Å². The Hall–Kier alpha value is -3.97. The van der Waals surface area contributed by atoms with Crippen LogP contribution in [0.15, 0.2) is 72.3 Å². The summed E-state index contributed by atoms with van der Waals surface area (Å²) >= 11 is 1.37. The molecule has 1 aliphatic rings. The summed E-state index contributed by atoms with van der Waals surface area (Å²) in [7, 11) is 1.55. The summed E-state index contributed by atoms with van der Waals surface area (Å²) in [5.41, 5.74) is 4.17. The number of nitrogens with zero attached hydrogens (tertiary/aromatic N) is 2. The van der Waals surface area contributed by atoms with Crippen molar-refractivity contribution in [3.05, 3.63) is 94.6 Å². The number of fused-ring (bicyclic) bond motifs is 1. The number of carbonyl (C=O) groups excluding carboxylic acids is 2. The maximum Gasteiger partial charge on any atom is 0.301 e. The van der Waals surface area contributed by atoms with Crippen LogP contribution >= 0.6 is 11.3 Å². The monoisotopic (exact) mass is 484 g/mol. The third kappa shape index (κ3) is 3.98. The van der Waals surface area contributed by atoms with Gasteiger partial charge in [0.05, 0.1) is 28.9 Å². The molecule has 1 amide bonds. The van der Waals surface area contributed by atoms with Gasteiger partial charge in [-0.1, -0.05) is 54.2 Å². The Balaban J connectivity index is 1.69. The Labute approximate surface area is 207 Å². The number of ketones is 1. The summed E-state index contributed by atoms with van der Waals surface area (Å²) < 4.78 is 6.14. The standard InChI is InChI=1S/C28H24N2O4S/c1-4-17-7-14-21-22(15-17)35-28(29-21)30-24(18-8-5-16(2)6-9-18)23(26(32)27(30)33)25(31)19-10-12-20(34-3)13-11-19/h5-15,24,31H,4H2,1-3H3/t24-/m0/s1. The van der Waals surface area contributed by atoms with E-state index in [1.54, 1.807) is 31.4 Å². The van der Waals surface area contributed by atoms with Gasteiger partial charge in [0.25, 0.3) is 5.78 Å². The van der Waals surface area contributed by atoms with Crippen molar-refractivity contribution >= 4 is 44.1 Å². The van der Waals surface area contributed by atoms with E-state index in [1.807, 2.05) is 43.3 Å². The van der Waals surface area contributed by atoms with Crippen LogP contribution in [0.3, 0.4) is 0 Å². The molecule has 6 nitrogen and oxygen atoms in total. The van der Waals surface area contributed by atoms with Crippen LogP contribution in [0.2, 0.25) is 0 Å². The van der Waals surface area contributed by atoms with Gasteiger partial charge in [-0.25, -0.2) is 4.98 Å². The fraction of sp³-hybridized carbons (Fsp3) is 0.179. The molecule has 0 spiro atoms. The maximum absolute atomic E-state index is 13.4. The number of aromatic nitrogens is 1. The fourth-order valence-corrected chi connectivity index (χ4v) is 5.33. The summed E-state index contributed by atoms with van der Waals surface area (Å²) in [4.78, 5) is 32.8. The van der Waals surface area contributed by atoms with Crippen molar-refractivity contribution in [1.82, 2.24) is 4.98 Å². The van der Waals surface area contributed by atoms with Gasteiger partial charge in [-0.2, -0.15) is 0 Å². The number of aryl methyl sites for hydroxylation is 2. The molecule has 35 heavy (non-hydrogen) atoms. The number of anilines is 1. The third-order valence-electron chi connectivity index (χ3n) is 6.26. The first kappa shape index (κ1) is 22.8. The number of thiazole rings is 1. The molecular formula is C28H24N2O4S. The number of amides is 1. The Bertz CT molecular complexity index is 1470. The van der Waals surface area contributed by atoms with Crippen LogP contribution in [0.5, 0.6) is 5.75 Å². The van der Waals surface area contributed by atoms with Gasteiger partial charge in [0, 0.05) is 5.56 Å². The molecule has 0 unspecified atom stereocenters. The Morgan fingerprint density at radius 3 is 2.43 bits per heavy atom. The van der Waals surface area contributed by atoms with Crippen LogP contribution in [-0.2, 0) is 16.0 Å². The minimum Gasteiger partial charge on any atom is -0.507 e. The van der Waals surface area contributed by atoms with Gasteiger partial charge in [0.2, 0.25) is 0 Å². The van der Waals surface area contributed by atoms with E-state index in [1.165, 1.54) is 21.8 Å². The van der Waals surface area contributed by atoms with E-state index in [-0.39, 0.29) is 11.3 Å². The molecule has 0 saturated carbocycles. The van der Waals surface area contributed by atoms with Crippen LogP contribution in [0.1, 0.15) is 35.2 Å². The number of Topliss-reactive ketones (excluding diaryl/α,β-unsaturated/α-hetero) is 1. The molecule has 7 heteroatoms. The highest BCUT2D eigenvalue weighted by Gasteiger charge is 2.48. The number of ether oxygens (including phenoxy) is 1. The number of rotatable bonds is 5. The van der Waals surface area contributed by atoms with Crippen molar-refractivity contribution in [2.75, 3.05) is 12.0 Å². The molecule has 3 aromatic carbocycles. The average Bonchev–Trinajstić information content (AvgIpc) is 3.41. The van der Waals surface area contributed by atoms with Crippen molar-refractivity contribution in [1.29, 1.82) is 0 Å². The summed E-state index contributed by atoms with van der Waals surface area (Å²) in [6, 6.07) is 19.5. The highest BCUT2D eigenvalue weighted by Crippen LogP contribution is 2.44. The first-order valence-corrected chi connectivity index (χ1v) is 12.1. The van der Waals surface area contributed by atoms with Crippen LogP contribution in [0.4, 0.5) is 5.13 Å². The summed E-state index contributed by atoms with van der Waals surface area (Å²) in [5, 5.41) is 11.7. The molecule has 0 aliphatic carbocycles. The quantitative estimate of drug-likeness (QED) is 0.220. The molecule has 176 valence electrons. The van der Waals surface area contributed by atoms with Crippen LogP contribution in [-0.4, -0.2) is 28.9 Å². The minimum absolute atomic E-state index is 0.0394. The second kappa shape index (κ2) is 9.00. The van der Waals surface area contributed by atoms with Crippen LogP contribution in [0, 0.1) is 6.92 Å². The molecule has 0 radical (unpaired) electrons. The topological polar surface area (TPSA) is 79.7 Å². The zero-order chi connectivity index (χ0) is 24.7. The number of aliphatic hydroxyl groups is 1. The lowest BCUT2D eigenvalue weighted by atomic mass is 9.95. The van der Waals surface area contributed by atoms with Gasteiger partial charge < -0.3 is 9.84 Å². The number of benzene rings is 3. The predicted octanol–water partition coefficient (Wildman–Crippen LogP) is 5.80. The zero-order valence-electron chi connectivity index (χ0n) is 19.6. The third-order valence-corrected chi connectivity index (χ3v) is 7.27. The molecule has 1 atom stereocenters. The molecule has 1 saturated heterocycles. The summed E-state index contributed by atoms with van der Waals surface area (Å²) in [5.74, 6) is -1.05. The lowest BCUT2D eigenvalue weighted by molar-refractivity contribution is -0.132. The molecule has 4 aromatic rings. The molecule has 1 fully saturated rings.